The standard InChI is InChI=1S/C31H32N2O3.C29H27ClN2O3.C27H25ClN2O3/c1-4-7-29(34)25-8-5-6-9-28(25)32-31(35)33-17-16-24-26-19-23(36-3)15-14-22(26)18-27(24)30(33)21-12-10-20(2)11-13-21;1-3-27(33)23-6-4-5-7-26(23)31-29(34)32-15-14-22-24-17-20(30)11-8-19(24)16-25(22)28(32)18-9-12-21(35-2)13-10-18;1-32-20-11-8-17(9-12-20)26-23-15-18-7-10-19(28)16-22(18)21(23)13-14-30(26)27(31)29-24-5-3-4-6-25(24)33-2/h5-6,8-15,19,30H,4,7,16-18H2,1-3H3,(H,32,35);4-13,17,28H,3,14-16H2,1-2H3,(H,31,34);3-12,16,26H,13-15H2,1-2H3,(H,29,31). The Kier molecular flexibility index (Phi) is 21.9. The first-order valence-electron chi connectivity index (χ1n) is 35.4. The second-order valence-electron chi connectivity index (χ2n) is 26.7. The molecule has 0 saturated carbocycles. The Morgan fingerprint density at radius 3 is 1.19 bits per heavy atom. The van der Waals surface area contributed by atoms with Gasteiger partial charge in [-0.25, -0.2) is 14.4 Å². The predicted octanol–water partition coefficient (Wildman–Crippen LogP) is 20.3. The van der Waals surface area contributed by atoms with Crippen molar-refractivity contribution in [2.75, 3.05) is 64.0 Å². The highest BCUT2D eigenvalue weighted by molar-refractivity contribution is 6.31. The number of rotatable bonds is 15. The van der Waals surface area contributed by atoms with Crippen molar-refractivity contribution in [3.63, 3.8) is 0 Å². The van der Waals surface area contributed by atoms with E-state index in [4.69, 9.17) is 42.1 Å². The van der Waals surface area contributed by atoms with E-state index in [0.29, 0.717) is 66.4 Å². The van der Waals surface area contributed by atoms with Gasteiger partial charge in [-0.15, -0.1) is 0 Å². The lowest BCUT2D eigenvalue weighted by Gasteiger charge is -2.38. The van der Waals surface area contributed by atoms with Crippen molar-refractivity contribution in [1.29, 1.82) is 0 Å². The first-order valence-corrected chi connectivity index (χ1v) is 36.2. The minimum atomic E-state index is -0.232. The molecule has 9 aromatic rings. The molecule has 3 unspecified atom stereocenters. The second-order valence-corrected chi connectivity index (χ2v) is 27.6. The van der Waals surface area contributed by atoms with Gasteiger partial charge in [0.05, 0.1) is 63.6 Å². The van der Waals surface area contributed by atoms with Gasteiger partial charge in [-0.1, -0.05) is 146 Å². The summed E-state index contributed by atoms with van der Waals surface area (Å²) in [6, 6.07) is 63.5. The number of benzene rings is 9. The summed E-state index contributed by atoms with van der Waals surface area (Å²) in [5.74, 6) is 3.08. The Morgan fingerprint density at radius 2 is 0.779 bits per heavy atom. The van der Waals surface area contributed by atoms with E-state index >= 15 is 0 Å². The van der Waals surface area contributed by atoms with Crippen molar-refractivity contribution in [3.05, 3.63) is 294 Å². The Hall–Kier alpha value is -10.9. The molecular formula is C87H84Cl2N6O9. The number of ketones is 2. The molecule has 17 heteroatoms. The van der Waals surface area contributed by atoms with Crippen molar-refractivity contribution in [1.82, 2.24) is 14.7 Å². The van der Waals surface area contributed by atoms with Crippen LogP contribution in [0.15, 0.2) is 217 Å². The van der Waals surface area contributed by atoms with Gasteiger partial charge in [0, 0.05) is 53.6 Å². The van der Waals surface area contributed by atoms with Gasteiger partial charge < -0.3 is 49.6 Å². The number of aryl methyl sites for hydroxylation is 1. The highest BCUT2D eigenvalue weighted by Crippen LogP contribution is 2.51. The molecule has 6 amide bonds. The van der Waals surface area contributed by atoms with Gasteiger partial charge in [-0.05, 0) is 232 Å². The lowest BCUT2D eigenvalue weighted by atomic mass is 9.88. The largest absolute Gasteiger partial charge is 0.497 e. The minimum absolute atomic E-state index is 0.000589. The lowest BCUT2D eigenvalue weighted by Crippen LogP contribution is -2.42. The van der Waals surface area contributed by atoms with Gasteiger partial charge in [0.25, 0.3) is 0 Å². The van der Waals surface area contributed by atoms with Crippen molar-refractivity contribution in [2.24, 2.45) is 0 Å². The maximum Gasteiger partial charge on any atom is 0.322 e. The summed E-state index contributed by atoms with van der Waals surface area (Å²) in [5, 5.41) is 10.6. The van der Waals surface area contributed by atoms with Crippen LogP contribution in [-0.2, 0) is 19.3 Å². The van der Waals surface area contributed by atoms with Crippen LogP contribution in [0.5, 0.6) is 23.0 Å². The third kappa shape index (κ3) is 14.9. The highest BCUT2D eigenvalue weighted by atomic mass is 35.5. The van der Waals surface area contributed by atoms with Gasteiger partial charge in [0.2, 0.25) is 0 Å². The predicted molar refractivity (Wildman–Crippen MR) is 414 cm³/mol. The van der Waals surface area contributed by atoms with E-state index in [0.717, 1.165) is 88.9 Å². The average Bonchev–Trinajstić information content (AvgIpc) is 1.57. The van der Waals surface area contributed by atoms with Crippen LogP contribution in [0.1, 0.15) is 147 Å². The number of methoxy groups -OCH3 is 4. The number of carbonyl (C=O) groups is 5. The summed E-state index contributed by atoms with van der Waals surface area (Å²) in [5.41, 5.74) is 22.2. The van der Waals surface area contributed by atoms with Crippen LogP contribution < -0.4 is 34.9 Å². The summed E-state index contributed by atoms with van der Waals surface area (Å²) < 4.78 is 21.6. The van der Waals surface area contributed by atoms with E-state index in [-0.39, 0.29) is 47.8 Å². The summed E-state index contributed by atoms with van der Waals surface area (Å²) in [4.78, 5) is 71.9. The highest BCUT2D eigenvalue weighted by Gasteiger charge is 2.42. The van der Waals surface area contributed by atoms with Gasteiger partial charge in [-0.2, -0.15) is 0 Å². The molecule has 3 aliphatic heterocycles. The number of carbonyl (C=O) groups excluding carboxylic acids is 5. The Morgan fingerprint density at radius 1 is 0.413 bits per heavy atom. The van der Waals surface area contributed by atoms with Gasteiger partial charge in [0.1, 0.15) is 23.0 Å². The molecule has 3 atom stereocenters. The number of ether oxygens (including phenoxy) is 4. The summed E-state index contributed by atoms with van der Waals surface area (Å²) in [7, 11) is 6.59. The van der Waals surface area contributed by atoms with Crippen LogP contribution in [0.2, 0.25) is 10.0 Å². The maximum atomic E-state index is 13.8. The molecule has 15 nitrogen and oxygen atoms in total. The molecule has 0 aromatic heterocycles. The Labute approximate surface area is 618 Å². The van der Waals surface area contributed by atoms with Crippen molar-refractivity contribution >= 4 is 86.6 Å². The smallest absolute Gasteiger partial charge is 0.322 e. The fraction of sp³-hybridized carbons (Fsp3) is 0.253. The van der Waals surface area contributed by atoms with E-state index in [1.807, 2.05) is 156 Å². The Bertz CT molecular complexity index is 4870. The zero-order valence-electron chi connectivity index (χ0n) is 59.5. The number of fused-ring (bicyclic) bond motifs is 6. The van der Waals surface area contributed by atoms with E-state index < -0.39 is 0 Å². The molecule has 0 fully saturated rings. The first kappa shape index (κ1) is 71.5. The molecule has 0 saturated heterocycles. The van der Waals surface area contributed by atoms with Crippen LogP contribution in [0.3, 0.4) is 0 Å². The van der Waals surface area contributed by atoms with Gasteiger partial charge >= 0.3 is 18.1 Å². The van der Waals surface area contributed by atoms with Crippen molar-refractivity contribution in [3.8, 4) is 23.0 Å². The molecule has 0 spiro atoms. The number of Topliss-reactive ketones (excluding diaryl/α,β-unsaturated/α-hetero) is 2. The van der Waals surface area contributed by atoms with Crippen molar-refractivity contribution < 1.29 is 42.9 Å². The summed E-state index contributed by atoms with van der Waals surface area (Å²) in [6.45, 7) is 7.62. The molecule has 9 aromatic carbocycles. The number of para-hydroxylation sites is 4. The lowest BCUT2D eigenvalue weighted by molar-refractivity contribution is 0.0977. The van der Waals surface area contributed by atoms with Crippen LogP contribution in [-0.4, -0.2) is 92.4 Å². The molecule has 3 heterocycles. The number of hydrogen-bond acceptors (Lipinski definition) is 9. The fourth-order valence-corrected chi connectivity index (χ4v) is 15.9. The second kappa shape index (κ2) is 31.8. The van der Waals surface area contributed by atoms with E-state index in [2.05, 4.69) is 77.5 Å². The van der Waals surface area contributed by atoms with Crippen LogP contribution in [0, 0.1) is 6.92 Å². The molecule has 104 heavy (non-hydrogen) atoms. The zero-order valence-corrected chi connectivity index (χ0v) is 61.1. The molecule has 530 valence electrons. The van der Waals surface area contributed by atoms with Crippen LogP contribution in [0.25, 0.3) is 16.7 Å². The molecule has 0 radical (unpaired) electrons. The fourth-order valence-electron chi connectivity index (χ4n) is 15.5. The monoisotopic (exact) mass is 1430 g/mol. The normalized spacial score (nSPS) is 16.6. The number of nitrogens with zero attached hydrogens (tertiary/aromatic N) is 3. The van der Waals surface area contributed by atoms with Crippen LogP contribution in [0.4, 0.5) is 31.4 Å². The SMILES string of the molecule is CCC(=O)c1ccccc1NC(=O)N1CCC2=C(Cc3ccc(Cl)cc32)C1c1ccc(OC)cc1.CCCC(=O)c1ccccc1NC(=O)N1CCC2=C(Cc3ccc(OC)cc32)C1c1ccc(C)cc1.COc1ccc(C2C3=C(CCN2C(=O)Nc2ccccc2OC)c2cc(Cl)ccc2C3)cc1. The van der Waals surface area contributed by atoms with E-state index in [1.165, 1.54) is 72.4 Å². The number of urea groups is 3. The summed E-state index contributed by atoms with van der Waals surface area (Å²) >= 11 is 12.6. The maximum absolute atomic E-state index is 13.8. The van der Waals surface area contributed by atoms with Gasteiger partial charge in [-0.3, -0.25) is 9.59 Å². The number of halogens is 2. The third-order valence-electron chi connectivity index (χ3n) is 20.6. The number of amides is 6. The zero-order chi connectivity index (χ0) is 72.7. The quantitative estimate of drug-likeness (QED) is 0.0846. The molecule has 6 aliphatic rings. The molecular weight excluding hydrogens is 1340 g/mol. The topological polar surface area (TPSA) is 168 Å². The van der Waals surface area contributed by atoms with Crippen LogP contribution >= 0.6 is 23.2 Å². The first-order chi connectivity index (χ1) is 50.6. The molecule has 3 N–H and O–H groups in total. The molecule has 15 rings (SSSR count). The minimum Gasteiger partial charge on any atom is -0.497 e. The molecule has 3 aliphatic carbocycles. The molecule has 0 bridgehead atoms. The average molecular weight is 1430 g/mol. The Balaban J connectivity index is 0.000000139. The number of nitrogens with one attached hydrogen (secondary N) is 3. The van der Waals surface area contributed by atoms with E-state index in [1.54, 1.807) is 46.6 Å². The van der Waals surface area contributed by atoms with E-state index in [9.17, 15) is 24.0 Å². The van der Waals surface area contributed by atoms with Gasteiger partial charge in [0.15, 0.2) is 11.6 Å². The number of anilines is 3. The van der Waals surface area contributed by atoms with Crippen molar-refractivity contribution in [2.45, 2.75) is 96.7 Å². The third-order valence-corrected chi connectivity index (χ3v) is 21.1. The summed E-state index contributed by atoms with van der Waals surface area (Å²) in [6.07, 6.45) is 6.30. The number of hydrogen-bond donors (Lipinski definition) is 3.